The summed E-state index contributed by atoms with van der Waals surface area (Å²) in [7, 11) is 0. The minimum atomic E-state index is -1.11. The van der Waals surface area contributed by atoms with E-state index in [1.807, 2.05) is 0 Å². The summed E-state index contributed by atoms with van der Waals surface area (Å²) >= 11 is 0. The SMILES string of the molecule is CC(C)N(C[C@H]1O[C@@H](n2cnc3c(N)ncnc32)[C@H](O)[C@@H]1O)[C@H]1C[C@@H](CCCc2nc3cc(C(C)(C)C)ccc3[nH]2)C1. The van der Waals surface area contributed by atoms with Crippen molar-refractivity contribution in [2.45, 2.75) is 109 Å². The zero-order valence-electron chi connectivity index (χ0n) is 25.2. The first-order chi connectivity index (χ1) is 20.0. The van der Waals surface area contributed by atoms with E-state index in [0.717, 1.165) is 42.5 Å². The molecule has 3 aromatic heterocycles. The average Bonchev–Trinajstić information content (AvgIpc) is 3.60. The Balaban J connectivity index is 1.02. The summed E-state index contributed by atoms with van der Waals surface area (Å²) in [4.78, 5) is 23.3. The van der Waals surface area contributed by atoms with Crippen molar-refractivity contribution in [2.24, 2.45) is 5.92 Å². The Morgan fingerprint density at radius 1 is 1.14 bits per heavy atom. The van der Waals surface area contributed by atoms with Gasteiger partial charge in [0.2, 0.25) is 0 Å². The number of imidazole rings is 2. The standard InChI is InChI=1S/C31H44N8O3/c1-17(2)38(14-23-26(40)27(41)30(42-23)39-16-35-25-28(32)33-15-34-29(25)39)20-11-18(12-20)7-6-8-24-36-21-10-9-19(31(3,4)5)13-22(21)37-24/h9-10,13,15-18,20,23,26-27,30,40-41H,6-8,11-12,14H2,1-5H3,(H,36,37)(H2,32,33,34)/t18-,20+,23-,26-,27-,30-/m1/s1. The predicted octanol–water partition coefficient (Wildman–Crippen LogP) is 3.71. The van der Waals surface area contributed by atoms with E-state index in [4.69, 9.17) is 15.5 Å². The molecule has 1 aliphatic heterocycles. The number of nitrogens with zero attached hydrogens (tertiary/aromatic N) is 6. The van der Waals surface area contributed by atoms with E-state index < -0.39 is 24.5 Å². The molecule has 1 saturated carbocycles. The van der Waals surface area contributed by atoms with Crippen molar-refractivity contribution >= 4 is 28.0 Å². The fraction of sp³-hybridized carbons (Fsp3) is 0.613. The normalized spacial score (nSPS) is 26.6. The monoisotopic (exact) mass is 576 g/mol. The summed E-state index contributed by atoms with van der Waals surface area (Å²) < 4.78 is 7.87. The van der Waals surface area contributed by atoms with Gasteiger partial charge in [0, 0.05) is 25.0 Å². The van der Waals surface area contributed by atoms with Crippen LogP contribution in [0.15, 0.2) is 30.9 Å². The van der Waals surface area contributed by atoms with Gasteiger partial charge in [-0.1, -0.05) is 26.8 Å². The van der Waals surface area contributed by atoms with E-state index in [9.17, 15) is 10.2 Å². The van der Waals surface area contributed by atoms with Crippen LogP contribution in [0.2, 0.25) is 0 Å². The summed E-state index contributed by atoms with van der Waals surface area (Å²) in [5, 5.41) is 21.8. The lowest BCUT2D eigenvalue weighted by molar-refractivity contribution is -0.0621. The molecule has 4 aromatic rings. The van der Waals surface area contributed by atoms with Gasteiger partial charge in [-0.2, -0.15) is 0 Å². The third kappa shape index (κ3) is 5.50. The van der Waals surface area contributed by atoms with Crippen LogP contribution in [-0.2, 0) is 16.6 Å². The lowest BCUT2D eigenvalue weighted by atomic mass is 9.76. The quantitative estimate of drug-likeness (QED) is 0.234. The van der Waals surface area contributed by atoms with Crippen molar-refractivity contribution in [3.63, 3.8) is 0 Å². The second-order valence-corrected chi connectivity index (χ2v) is 13.5. The number of nitrogens with two attached hydrogens (primary N) is 1. The second-order valence-electron chi connectivity index (χ2n) is 13.5. The van der Waals surface area contributed by atoms with Gasteiger partial charge >= 0.3 is 0 Å². The van der Waals surface area contributed by atoms with E-state index in [0.29, 0.717) is 29.7 Å². The molecule has 226 valence electrons. The van der Waals surface area contributed by atoms with E-state index in [-0.39, 0.29) is 17.3 Å². The molecule has 0 unspecified atom stereocenters. The molecule has 42 heavy (non-hydrogen) atoms. The zero-order valence-corrected chi connectivity index (χ0v) is 25.2. The Bertz CT molecular complexity index is 1540. The highest BCUT2D eigenvalue weighted by molar-refractivity contribution is 5.81. The van der Waals surface area contributed by atoms with Gasteiger partial charge in [-0.25, -0.2) is 19.9 Å². The second kappa shape index (κ2) is 11.2. The summed E-state index contributed by atoms with van der Waals surface area (Å²) in [5.41, 5.74) is 10.4. The Morgan fingerprint density at radius 3 is 2.67 bits per heavy atom. The molecule has 4 atom stereocenters. The number of ether oxygens (including phenoxy) is 1. The molecule has 5 N–H and O–H groups in total. The average molecular weight is 577 g/mol. The predicted molar refractivity (Wildman–Crippen MR) is 162 cm³/mol. The summed E-state index contributed by atoms with van der Waals surface area (Å²) in [6.07, 6.45) is 4.93. The number of aliphatic hydroxyl groups is 2. The maximum atomic E-state index is 10.9. The van der Waals surface area contributed by atoms with Crippen LogP contribution in [0.4, 0.5) is 5.82 Å². The highest BCUT2D eigenvalue weighted by Crippen LogP contribution is 2.38. The van der Waals surface area contributed by atoms with Crippen molar-refractivity contribution in [2.75, 3.05) is 12.3 Å². The number of hydrogen-bond acceptors (Lipinski definition) is 9. The van der Waals surface area contributed by atoms with Gasteiger partial charge in [0.1, 0.15) is 36.0 Å². The molecule has 0 spiro atoms. The number of hydrogen-bond donors (Lipinski definition) is 4. The zero-order chi connectivity index (χ0) is 29.8. The number of fused-ring (bicyclic) bond motifs is 2. The Hall–Kier alpha value is -3.12. The van der Waals surface area contributed by atoms with E-state index in [1.165, 1.54) is 24.6 Å². The van der Waals surface area contributed by atoms with Gasteiger partial charge in [-0.3, -0.25) is 9.47 Å². The molecule has 4 heterocycles. The van der Waals surface area contributed by atoms with Crippen LogP contribution in [0, 0.1) is 5.92 Å². The minimum absolute atomic E-state index is 0.112. The summed E-state index contributed by atoms with van der Waals surface area (Å²) in [5.74, 6) is 2.01. The first kappa shape index (κ1) is 29.0. The van der Waals surface area contributed by atoms with Crippen LogP contribution in [0.3, 0.4) is 0 Å². The molecule has 6 rings (SSSR count). The van der Waals surface area contributed by atoms with Crippen molar-refractivity contribution in [1.29, 1.82) is 0 Å². The maximum absolute atomic E-state index is 10.9. The summed E-state index contributed by atoms with van der Waals surface area (Å²) in [6.45, 7) is 11.6. The van der Waals surface area contributed by atoms with Crippen LogP contribution in [0.25, 0.3) is 22.2 Å². The van der Waals surface area contributed by atoms with Crippen LogP contribution in [0.5, 0.6) is 0 Å². The molecule has 1 saturated heterocycles. The van der Waals surface area contributed by atoms with Gasteiger partial charge in [-0.15, -0.1) is 0 Å². The lowest BCUT2D eigenvalue weighted by Gasteiger charge is -2.46. The molecule has 1 aromatic carbocycles. The fourth-order valence-electron chi connectivity index (χ4n) is 6.56. The van der Waals surface area contributed by atoms with Gasteiger partial charge in [0.05, 0.1) is 17.4 Å². The number of anilines is 1. The smallest absolute Gasteiger partial charge is 0.167 e. The van der Waals surface area contributed by atoms with E-state index in [1.54, 1.807) is 4.57 Å². The van der Waals surface area contributed by atoms with Crippen molar-refractivity contribution < 1.29 is 14.9 Å². The molecule has 2 aliphatic rings. The molecular weight excluding hydrogens is 532 g/mol. The van der Waals surface area contributed by atoms with Crippen molar-refractivity contribution in [3.8, 4) is 0 Å². The number of H-pyrrole nitrogens is 1. The number of aliphatic hydroxyl groups excluding tert-OH is 2. The highest BCUT2D eigenvalue weighted by atomic mass is 16.6. The van der Waals surface area contributed by atoms with Crippen LogP contribution in [-0.4, -0.2) is 81.5 Å². The van der Waals surface area contributed by atoms with Crippen LogP contribution in [0.1, 0.15) is 77.9 Å². The first-order valence-corrected chi connectivity index (χ1v) is 15.2. The topological polar surface area (TPSA) is 151 Å². The van der Waals surface area contributed by atoms with Gasteiger partial charge in [-0.05, 0) is 68.6 Å². The Kier molecular flexibility index (Phi) is 7.71. The first-order valence-electron chi connectivity index (χ1n) is 15.2. The minimum Gasteiger partial charge on any atom is -0.387 e. The molecule has 2 fully saturated rings. The number of nitrogens with one attached hydrogen (secondary N) is 1. The number of aromatic amines is 1. The maximum Gasteiger partial charge on any atom is 0.167 e. The van der Waals surface area contributed by atoms with Crippen LogP contribution < -0.4 is 5.73 Å². The van der Waals surface area contributed by atoms with Crippen molar-refractivity contribution in [3.05, 3.63) is 42.2 Å². The molecule has 0 radical (unpaired) electrons. The lowest BCUT2D eigenvalue weighted by Crippen LogP contribution is -2.52. The Labute approximate surface area is 246 Å². The van der Waals surface area contributed by atoms with E-state index >= 15 is 0 Å². The largest absolute Gasteiger partial charge is 0.387 e. The third-order valence-electron chi connectivity index (χ3n) is 9.16. The highest BCUT2D eigenvalue weighted by Gasteiger charge is 2.46. The van der Waals surface area contributed by atoms with Gasteiger partial charge in [0.15, 0.2) is 17.7 Å². The van der Waals surface area contributed by atoms with Gasteiger partial charge in [0.25, 0.3) is 0 Å². The molecule has 11 heteroatoms. The molecule has 1 aliphatic carbocycles. The number of aryl methyl sites for hydroxylation is 1. The number of benzene rings is 1. The van der Waals surface area contributed by atoms with Crippen LogP contribution >= 0.6 is 0 Å². The molecule has 0 amide bonds. The number of aromatic nitrogens is 6. The van der Waals surface area contributed by atoms with Gasteiger partial charge < -0.3 is 25.7 Å². The number of rotatable bonds is 9. The molecule has 0 bridgehead atoms. The third-order valence-corrected chi connectivity index (χ3v) is 9.16. The van der Waals surface area contributed by atoms with E-state index in [2.05, 4.69) is 77.7 Å². The fourth-order valence-corrected chi connectivity index (χ4v) is 6.56. The van der Waals surface area contributed by atoms with Crippen molar-refractivity contribution in [1.82, 2.24) is 34.4 Å². The summed E-state index contributed by atoms with van der Waals surface area (Å²) in [6, 6.07) is 7.28. The number of nitrogen functional groups attached to an aromatic ring is 1. The molecule has 11 nitrogen and oxygen atoms in total. The molecular formula is C31H44N8O3. The Morgan fingerprint density at radius 2 is 1.93 bits per heavy atom.